The summed E-state index contributed by atoms with van der Waals surface area (Å²) in [6.45, 7) is 0. The van der Waals surface area contributed by atoms with E-state index in [1.807, 2.05) is 18.2 Å². The quantitative estimate of drug-likeness (QED) is 0.407. The van der Waals surface area contributed by atoms with Gasteiger partial charge in [-0.25, -0.2) is 4.98 Å². The van der Waals surface area contributed by atoms with Crippen molar-refractivity contribution in [3.8, 4) is 0 Å². The van der Waals surface area contributed by atoms with Crippen molar-refractivity contribution in [3.05, 3.63) is 58.0 Å². The van der Waals surface area contributed by atoms with Gasteiger partial charge in [0.1, 0.15) is 0 Å². The molecule has 0 unspecified atom stereocenters. The molecule has 1 aliphatic rings. The number of nitrogens with zero attached hydrogens (tertiary/aromatic N) is 1. The summed E-state index contributed by atoms with van der Waals surface area (Å²) in [6.07, 6.45) is 4.73. The average molecular weight is 358 g/mol. The molecule has 0 spiro atoms. The van der Waals surface area contributed by atoms with Crippen LogP contribution in [0.5, 0.6) is 0 Å². The van der Waals surface area contributed by atoms with Crippen molar-refractivity contribution in [2.75, 3.05) is 5.75 Å². The van der Waals surface area contributed by atoms with Gasteiger partial charge in [-0.3, -0.25) is 9.59 Å². The molecule has 6 heteroatoms. The second-order valence-corrected chi connectivity index (χ2v) is 7.52. The summed E-state index contributed by atoms with van der Waals surface area (Å²) in [5.41, 5.74) is 1.86. The first kappa shape index (κ1) is 17.7. The smallest absolute Gasteiger partial charge is 0.303 e. The first-order valence-corrected chi connectivity index (χ1v) is 9.61. The highest BCUT2D eigenvalue weighted by molar-refractivity contribution is 7.99. The molecule has 132 valence electrons. The SMILES string of the molecule is O=C(O)CCCCCSc1nc(C2(c3ccccc3)CC2)cc(=O)[nH]1. The van der Waals surface area contributed by atoms with Gasteiger partial charge in [0, 0.05) is 23.7 Å². The lowest BCUT2D eigenvalue weighted by Crippen LogP contribution is -2.18. The van der Waals surface area contributed by atoms with E-state index in [4.69, 9.17) is 10.1 Å². The summed E-state index contributed by atoms with van der Waals surface area (Å²) in [5, 5.41) is 9.29. The number of aromatic nitrogens is 2. The lowest BCUT2D eigenvalue weighted by Gasteiger charge is -2.15. The van der Waals surface area contributed by atoms with Crippen LogP contribution in [0.15, 0.2) is 46.3 Å². The summed E-state index contributed by atoms with van der Waals surface area (Å²) in [4.78, 5) is 30.1. The summed E-state index contributed by atoms with van der Waals surface area (Å²) in [7, 11) is 0. The molecule has 5 nitrogen and oxygen atoms in total. The van der Waals surface area contributed by atoms with Gasteiger partial charge in [0.05, 0.1) is 5.69 Å². The lowest BCUT2D eigenvalue weighted by molar-refractivity contribution is -0.137. The zero-order valence-electron chi connectivity index (χ0n) is 14.0. The summed E-state index contributed by atoms with van der Waals surface area (Å²) in [6, 6.07) is 11.9. The van der Waals surface area contributed by atoms with Crippen molar-refractivity contribution >= 4 is 17.7 Å². The maximum atomic E-state index is 12.1. The minimum Gasteiger partial charge on any atom is -0.481 e. The van der Waals surface area contributed by atoms with Crippen molar-refractivity contribution in [3.63, 3.8) is 0 Å². The number of hydrogen-bond donors (Lipinski definition) is 2. The van der Waals surface area contributed by atoms with E-state index in [0.717, 1.165) is 37.1 Å². The number of nitrogens with one attached hydrogen (secondary N) is 1. The van der Waals surface area contributed by atoms with Crippen molar-refractivity contribution in [2.24, 2.45) is 0 Å². The van der Waals surface area contributed by atoms with Gasteiger partial charge in [0.2, 0.25) is 0 Å². The molecule has 0 atom stereocenters. The van der Waals surface area contributed by atoms with Crippen LogP contribution in [0.3, 0.4) is 0 Å². The number of rotatable bonds is 9. The van der Waals surface area contributed by atoms with Crippen LogP contribution in [0.4, 0.5) is 0 Å². The fraction of sp³-hybridized carbons (Fsp3) is 0.421. The second-order valence-electron chi connectivity index (χ2n) is 6.44. The van der Waals surface area contributed by atoms with E-state index >= 15 is 0 Å². The molecule has 1 fully saturated rings. The maximum absolute atomic E-state index is 12.1. The van der Waals surface area contributed by atoms with Gasteiger partial charge < -0.3 is 10.1 Å². The van der Waals surface area contributed by atoms with E-state index in [1.54, 1.807) is 6.07 Å². The Hall–Kier alpha value is -2.08. The van der Waals surface area contributed by atoms with E-state index in [-0.39, 0.29) is 17.4 Å². The Morgan fingerprint density at radius 1 is 1.20 bits per heavy atom. The second kappa shape index (κ2) is 7.87. The summed E-state index contributed by atoms with van der Waals surface area (Å²) < 4.78 is 0. The minimum atomic E-state index is -0.748. The molecule has 1 aromatic heterocycles. The fourth-order valence-electron chi connectivity index (χ4n) is 3.05. The van der Waals surface area contributed by atoms with Crippen LogP contribution in [0.2, 0.25) is 0 Å². The first-order valence-electron chi connectivity index (χ1n) is 8.62. The largest absolute Gasteiger partial charge is 0.481 e. The molecule has 1 saturated carbocycles. The van der Waals surface area contributed by atoms with Crippen LogP contribution in [0.25, 0.3) is 0 Å². The van der Waals surface area contributed by atoms with Crippen LogP contribution >= 0.6 is 11.8 Å². The Kier molecular flexibility index (Phi) is 5.58. The number of aromatic amines is 1. The Labute approximate surface area is 150 Å². The molecule has 0 saturated heterocycles. The van der Waals surface area contributed by atoms with Gasteiger partial charge in [0.25, 0.3) is 5.56 Å². The van der Waals surface area contributed by atoms with Crippen molar-refractivity contribution in [1.82, 2.24) is 9.97 Å². The molecule has 25 heavy (non-hydrogen) atoms. The molecule has 0 amide bonds. The average Bonchev–Trinajstić information content (AvgIpc) is 3.40. The molecular formula is C19H22N2O3S. The molecule has 3 rings (SSSR count). The van der Waals surface area contributed by atoms with Gasteiger partial charge in [-0.15, -0.1) is 0 Å². The third-order valence-corrected chi connectivity index (χ3v) is 5.52. The van der Waals surface area contributed by atoms with Crippen molar-refractivity contribution in [2.45, 2.75) is 49.1 Å². The molecular weight excluding hydrogens is 336 g/mol. The highest BCUT2D eigenvalue weighted by Crippen LogP contribution is 2.52. The number of carboxylic acid groups (broad SMARTS) is 1. The number of benzene rings is 1. The van der Waals surface area contributed by atoms with Gasteiger partial charge in [-0.2, -0.15) is 0 Å². The van der Waals surface area contributed by atoms with Crippen molar-refractivity contribution < 1.29 is 9.90 Å². The molecule has 1 heterocycles. The number of unbranched alkanes of at least 4 members (excludes halogenated alkanes) is 2. The molecule has 0 aliphatic heterocycles. The third-order valence-electron chi connectivity index (χ3n) is 4.56. The Balaban J connectivity index is 1.64. The van der Waals surface area contributed by atoms with Gasteiger partial charge in [-0.1, -0.05) is 48.5 Å². The van der Waals surface area contributed by atoms with E-state index in [9.17, 15) is 9.59 Å². The minimum absolute atomic E-state index is 0.105. The zero-order chi connectivity index (χ0) is 17.7. The van der Waals surface area contributed by atoms with E-state index in [1.165, 1.54) is 17.3 Å². The zero-order valence-corrected chi connectivity index (χ0v) is 14.8. The number of hydrogen-bond acceptors (Lipinski definition) is 4. The number of carbonyl (C=O) groups is 1. The van der Waals surface area contributed by atoms with E-state index < -0.39 is 5.97 Å². The third kappa shape index (κ3) is 4.51. The highest BCUT2D eigenvalue weighted by atomic mass is 32.2. The standard InChI is InChI=1S/C19H22N2O3S/c22-16-13-15(19(10-11-19)14-7-3-1-4-8-14)20-18(21-16)25-12-6-2-5-9-17(23)24/h1,3-4,7-8,13H,2,5-6,9-12H2,(H,23,24)(H,20,21,22). The molecule has 2 aromatic rings. The Bertz CT molecular complexity index is 785. The van der Waals surface area contributed by atoms with Gasteiger partial charge >= 0.3 is 5.97 Å². The number of H-pyrrole nitrogens is 1. The Morgan fingerprint density at radius 3 is 2.64 bits per heavy atom. The fourth-order valence-corrected chi connectivity index (χ4v) is 3.93. The normalized spacial score (nSPS) is 15.0. The van der Waals surface area contributed by atoms with Crippen molar-refractivity contribution in [1.29, 1.82) is 0 Å². The highest BCUT2D eigenvalue weighted by Gasteiger charge is 2.47. The molecule has 2 N–H and O–H groups in total. The molecule has 1 aromatic carbocycles. The van der Waals surface area contributed by atoms with Gasteiger partial charge in [-0.05, 0) is 31.2 Å². The first-order chi connectivity index (χ1) is 12.1. The molecule has 1 aliphatic carbocycles. The predicted octanol–water partition coefficient (Wildman–Crippen LogP) is 3.59. The lowest BCUT2D eigenvalue weighted by atomic mass is 9.92. The Morgan fingerprint density at radius 2 is 1.96 bits per heavy atom. The van der Waals surface area contributed by atoms with E-state index in [0.29, 0.717) is 11.6 Å². The van der Waals surface area contributed by atoms with Crippen LogP contribution in [0.1, 0.15) is 49.8 Å². The predicted molar refractivity (Wildman–Crippen MR) is 98.1 cm³/mol. The number of thioether (sulfide) groups is 1. The van der Waals surface area contributed by atoms with E-state index in [2.05, 4.69) is 17.1 Å². The van der Waals surface area contributed by atoms with Crippen LogP contribution < -0.4 is 5.56 Å². The van der Waals surface area contributed by atoms with Crippen LogP contribution in [-0.4, -0.2) is 26.8 Å². The summed E-state index contributed by atoms with van der Waals surface area (Å²) >= 11 is 1.53. The van der Waals surface area contributed by atoms with Crippen LogP contribution in [-0.2, 0) is 10.2 Å². The van der Waals surface area contributed by atoms with Gasteiger partial charge in [0.15, 0.2) is 5.16 Å². The summed E-state index contributed by atoms with van der Waals surface area (Å²) in [5.74, 6) is 0.0756. The molecule has 0 radical (unpaired) electrons. The van der Waals surface area contributed by atoms with Crippen LogP contribution in [0, 0.1) is 0 Å². The maximum Gasteiger partial charge on any atom is 0.303 e. The number of aliphatic carboxylic acids is 1. The monoisotopic (exact) mass is 358 g/mol. The topological polar surface area (TPSA) is 83.0 Å². The number of carboxylic acids is 1. The molecule has 0 bridgehead atoms.